The second-order valence-corrected chi connectivity index (χ2v) is 6.52. The van der Waals surface area contributed by atoms with E-state index in [2.05, 4.69) is 10.4 Å². The molecule has 0 saturated carbocycles. The molecule has 126 valence electrons. The number of carbonyl (C=O) groups excluding carboxylic acids is 2. The molecule has 3 rings (SSSR count). The van der Waals surface area contributed by atoms with Crippen LogP contribution < -0.4 is 5.32 Å². The van der Waals surface area contributed by atoms with E-state index in [0.717, 1.165) is 0 Å². The number of halogens is 1. The van der Waals surface area contributed by atoms with Crippen molar-refractivity contribution in [2.24, 2.45) is 5.92 Å². The van der Waals surface area contributed by atoms with Crippen LogP contribution in [0, 0.1) is 5.92 Å². The minimum atomic E-state index is -0.357. The molecular formula is C17H19ClN4O2. The van der Waals surface area contributed by atoms with Crippen molar-refractivity contribution in [3.8, 4) is 5.69 Å². The lowest BCUT2D eigenvalue weighted by Gasteiger charge is -2.21. The van der Waals surface area contributed by atoms with E-state index in [1.54, 1.807) is 46.2 Å². The highest BCUT2D eigenvalue weighted by Gasteiger charge is 2.35. The van der Waals surface area contributed by atoms with Crippen LogP contribution in [0.3, 0.4) is 0 Å². The van der Waals surface area contributed by atoms with Crippen LogP contribution in [0.5, 0.6) is 0 Å². The quantitative estimate of drug-likeness (QED) is 0.925. The lowest BCUT2D eigenvalue weighted by molar-refractivity contribution is -0.129. The lowest BCUT2D eigenvalue weighted by Crippen LogP contribution is -2.33. The van der Waals surface area contributed by atoms with E-state index in [1.807, 2.05) is 13.8 Å². The van der Waals surface area contributed by atoms with Gasteiger partial charge in [0, 0.05) is 31.4 Å². The van der Waals surface area contributed by atoms with E-state index in [-0.39, 0.29) is 30.2 Å². The Morgan fingerprint density at radius 1 is 1.38 bits per heavy atom. The first-order chi connectivity index (χ1) is 11.5. The monoisotopic (exact) mass is 346 g/mol. The number of carbonyl (C=O) groups is 2. The number of para-hydroxylation sites is 1. The highest BCUT2D eigenvalue weighted by atomic mass is 35.5. The van der Waals surface area contributed by atoms with Gasteiger partial charge in [0.2, 0.25) is 11.8 Å². The van der Waals surface area contributed by atoms with Gasteiger partial charge in [0.25, 0.3) is 0 Å². The summed E-state index contributed by atoms with van der Waals surface area (Å²) >= 11 is 6.28. The molecule has 1 aliphatic heterocycles. The summed E-state index contributed by atoms with van der Waals surface area (Å²) in [6, 6.07) is 7.17. The topological polar surface area (TPSA) is 67.2 Å². The molecule has 1 atom stereocenters. The third-order valence-electron chi connectivity index (χ3n) is 4.13. The fraction of sp³-hybridized carbons (Fsp3) is 0.353. The zero-order valence-electron chi connectivity index (χ0n) is 13.6. The van der Waals surface area contributed by atoms with Crippen LogP contribution in [0.25, 0.3) is 5.69 Å². The summed E-state index contributed by atoms with van der Waals surface area (Å²) in [7, 11) is 0. The van der Waals surface area contributed by atoms with E-state index >= 15 is 0 Å². The van der Waals surface area contributed by atoms with Gasteiger partial charge in [-0.15, -0.1) is 0 Å². The third-order valence-corrected chi connectivity index (χ3v) is 4.44. The highest BCUT2D eigenvalue weighted by molar-refractivity contribution is 6.33. The molecular weight excluding hydrogens is 328 g/mol. The second-order valence-electron chi connectivity index (χ2n) is 6.12. The molecule has 1 N–H and O–H groups in total. The summed E-state index contributed by atoms with van der Waals surface area (Å²) in [6.07, 6.45) is 3.64. The molecule has 0 aliphatic carbocycles. The molecule has 1 saturated heterocycles. The minimum Gasteiger partial charge on any atom is -0.339 e. The van der Waals surface area contributed by atoms with Crippen molar-refractivity contribution in [3.05, 3.63) is 41.7 Å². The summed E-state index contributed by atoms with van der Waals surface area (Å²) in [5, 5.41) is 7.57. The van der Waals surface area contributed by atoms with Gasteiger partial charge in [-0.3, -0.25) is 9.59 Å². The SMILES string of the molecule is CC(C)N1CC(C(=O)Nc2cccc(Cl)c2-n2cccn2)CC1=O. The molecule has 2 amide bonds. The number of hydrogen-bond acceptors (Lipinski definition) is 3. The fourth-order valence-corrected chi connectivity index (χ4v) is 3.15. The van der Waals surface area contributed by atoms with Gasteiger partial charge in [-0.2, -0.15) is 5.10 Å². The Hall–Kier alpha value is -2.34. The van der Waals surface area contributed by atoms with Gasteiger partial charge in [-0.25, -0.2) is 4.68 Å². The van der Waals surface area contributed by atoms with Crippen molar-refractivity contribution in [2.45, 2.75) is 26.3 Å². The predicted molar refractivity (Wildman–Crippen MR) is 92.2 cm³/mol. The van der Waals surface area contributed by atoms with Crippen molar-refractivity contribution in [1.82, 2.24) is 14.7 Å². The Morgan fingerprint density at radius 2 is 2.17 bits per heavy atom. The van der Waals surface area contributed by atoms with E-state index in [0.29, 0.717) is 22.9 Å². The van der Waals surface area contributed by atoms with Crippen LogP contribution >= 0.6 is 11.6 Å². The molecule has 6 nitrogen and oxygen atoms in total. The molecule has 1 aromatic carbocycles. The minimum absolute atomic E-state index is 0.0172. The second kappa shape index (κ2) is 6.65. The number of aromatic nitrogens is 2. The standard InChI is InChI=1S/C17H19ClN4O2/c1-11(2)21-10-12(9-15(21)23)17(24)20-14-6-3-5-13(18)16(14)22-8-4-7-19-22/h3-8,11-12H,9-10H2,1-2H3,(H,20,24). The van der Waals surface area contributed by atoms with Crippen LogP contribution in [0.15, 0.2) is 36.7 Å². The van der Waals surface area contributed by atoms with E-state index in [4.69, 9.17) is 11.6 Å². The lowest BCUT2D eigenvalue weighted by atomic mass is 10.1. The van der Waals surface area contributed by atoms with Gasteiger partial charge in [-0.1, -0.05) is 17.7 Å². The number of nitrogens with one attached hydrogen (secondary N) is 1. The largest absolute Gasteiger partial charge is 0.339 e. The fourth-order valence-electron chi connectivity index (χ4n) is 2.89. The van der Waals surface area contributed by atoms with E-state index in [9.17, 15) is 9.59 Å². The van der Waals surface area contributed by atoms with E-state index < -0.39 is 0 Å². The predicted octanol–water partition coefficient (Wildman–Crippen LogP) is 2.72. The summed E-state index contributed by atoms with van der Waals surface area (Å²) in [6.45, 7) is 4.34. The first-order valence-electron chi connectivity index (χ1n) is 7.86. The molecule has 24 heavy (non-hydrogen) atoms. The maximum absolute atomic E-state index is 12.6. The van der Waals surface area contributed by atoms with Crippen LogP contribution in [0.4, 0.5) is 5.69 Å². The smallest absolute Gasteiger partial charge is 0.229 e. The average molecular weight is 347 g/mol. The molecule has 1 aliphatic rings. The number of benzene rings is 1. The van der Waals surface area contributed by atoms with Crippen molar-refractivity contribution in [3.63, 3.8) is 0 Å². The summed E-state index contributed by atoms with van der Waals surface area (Å²) < 4.78 is 1.61. The van der Waals surface area contributed by atoms with Crippen LogP contribution in [0.1, 0.15) is 20.3 Å². The number of amides is 2. The van der Waals surface area contributed by atoms with Crippen LogP contribution in [0.2, 0.25) is 5.02 Å². The molecule has 1 fully saturated rings. The first kappa shape index (κ1) is 16.5. The van der Waals surface area contributed by atoms with Crippen LogP contribution in [-0.4, -0.2) is 39.1 Å². The Balaban J connectivity index is 1.81. The number of rotatable bonds is 4. The summed E-state index contributed by atoms with van der Waals surface area (Å²) in [5.74, 6) is -0.518. The third kappa shape index (κ3) is 3.14. The molecule has 7 heteroatoms. The van der Waals surface area contributed by atoms with Crippen molar-refractivity contribution in [1.29, 1.82) is 0 Å². The maximum atomic E-state index is 12.6. The summed E-state index contributed by atoms with van der Waals surface area (Å²) in [4.78, 5) is 26.3. The molecule has 0 radical (unpaired) electrons. The Labute approximate surface area is 145 Å². The van der Waals surface area contributed by atoms with Gasteiger partial charge in [0.15, 0.2) is 0 Å². The Morgan fingerprint density at radius 3 is 2.79 bits per heavy atom. The van der Waals surface area contributed by atoms with Crippen molar-refractivity contribution in [2.75, 3.05) is 11.9 Å². The van der Waals surface area contributed by atoms with Gasteiger partial charge in [0.1, 0.15) is 5.69 Å². The molecule has 1 aromatic heterocycles. The molecule has 2 heterocycles. The first-order valence-corrected chi connectivity index (χ1v) is 8.24. The molecule has 0 bridgehead atoms. The van der Waals surface area contributed by atoms with E-state index in [1.165, 1.54) is 0 Å². The Kier molecular flexibility index (Phi) is 4.57. The van der Waals surface area contributed by atoms with Gasteiger partial charge in [0.05, 0.1) is 16.6 Å². The molecule has 0 spiro atoms. The number of hydrogen-bond donors (Lipinski definition) is 1. The zero-order chi connectivity index (χ0) is 17.3. The van der Waals surface area contributed by atoms with Gasteiger partial charge < -0.3 is 10.2 Å². The maximum Gasteiger partial charge on any atom is 0.229 e. The molecule has 1 unspecified atom stereocenters. The zero-order valence-corrected chi connectivity index (χ0v) is 14.3. The molecule has 2 aromatic rings. The number of nitrogens with zero attached hydrogens (tertiary/aromatic N) is 3. The average Bonchev–Trinajstić information content (AvgIpc) is 3.16. The number of likely N-dealkylation sites (tertiary alicyclic amines) is 1. The number of anilines is 1. The normalized spacial score (nSPS) is 17.6. The van der Waals surface area contributed by atoms with Gasteiger partial charge in [-0.05, 0) is 32.0 Å². The van der Waals surface area contributed by atoms with Crippen molar-refractivity contribution < 1.29 is 9.59 Å². The van der Waals surface area contributed by atoms with Gasteiger partial charge >= 0.3 is 0 Å². The summed E-state index contributed by atoms with van der Waals surface area (Å²) in [5.41, 5.74) is 1.19. The Bertz CT molecular complexity index is 758. The van der Waals surface area contributed by atoms with Crippen molar-refractivity contribution >= 4 is 29.1 Å². The van der Waals surface area contributed by atoms with Crippen LogP contribution in [-0.2, 0) is 9.59 Å². The highest BCUT2D eigenvalue weighted by Crippen LogP contribution is 2.29.